The van der Waals surface area contributed by atoms with Crippen LogP contribution in [0.3, 0.4) is 0 Å². The van der Waals surface area contributed by atoms with Gasteiger partial charge in [-0.2, -0.15) is 0 Å². The monoisotopic (exact) mass is 455 g/mol. The van der Waals surface area contributed by atoms with Crippen LogP contribution in [0.15, 0.2) is 46.2 Å². The van der Waals surface area contributed by atoms with Gasteiger partial charge in [-0.1, -0.05) is 35.2 Å². The summed E-state index contributed by atoms with van der Waals surface area (Å²) in [6, 6.07) is 9.71. The minimum Gasteiger partial charge on any atom is -0.469 e. The lowest BCUT2D eigenvalue weighted by molar-refractivity contribution is -0.113. The molecule has 1 amide bonds. The highest BCUT2D eigenvalue weighted by atomic mass is 32.2. The number of ether oxygens (including phenoxy) is 1. The smallest absolute Gasteiger partial charge is 0.236 e. The van der Waals surface area contributed by atoms with Gasteiger partial charge in [-0.25, -0.2) is 4.98 Å². The standard InChI is InChI=1S/C21H21N5O3S2/c1-13-15(8-10-28-13)19-24-25-21(26(19)11-14-5-4-9-29-14)30-12-18(27)23-20-22-16-6-2-3-7-17(16)31-20/h2-3,6-8,10,14H,4-5,9,11-12H2,1H3,(H,22,23,27). The lowest BCUT2D eigenvalue weighted by Crippen LogP contribution is -2.18. The number of nitrogens with zero attached hydrogens (tertiary/aromatic N) is 4. The third kappa shape index (κ3) is 4.36. The van der Waals surface area contributed by atoms with Crippen LogP contribution < -0.4 is 5.32 Å². The number of amides is 1. The molecule has 31 heavy (non-hydrogen) atoms. The number of hydrogen-bond donors (Lipinski definition) is 1. The van der Waals surface area contributed by atoms with Crippen molar-refractivity contribution in [2.75, 3.05) is 17.7 Å². The third-order valence-electron chi connectivity index (χ3n) is 5.10. The number of benzene rings is 1. The van der Waals surface area contributed by atoms with E-state index in [0.29, 0.717) is 16.8 Å². The van der Waals surface area contributed by atoms with Crippen LogP contribution in [0.5, 0.6) is 0 Å². The normalized spacial score (nSPS) is 16.2. The maximum atomic E-state index is 12.5. The molecular formula is C21H21N5O3S2. The minimum atomic E-state index is -0.128. The number of aryl methyl sites for hydroxylation is 1. The Hall–Kier alpha value is -2.69. The van der Waals surface area contributed by atoms with E-state index in [4.69, 9.17) is 9.15 Å². The number of anilines is 1. The number of nitrogens with one attached hydrogen (secondary N) is 1. The molecule has 1 aromatic carbocycles. The summed E-state index contributed by atoms with van der Waals surface area (Å²) >= 11 is 2.82. The van der Waals surface area contributed by atoms with E-state index in [1.807, 2.05) is 41.8 Å². The van der Waals surface area contributed by atoms with E-state index in [1.165, 1.54) is 23.1 Å². The van der Waals surface area contributed by atoms with Gasteiger partial charge in [0.2, 0.25) is 5.91 Å². The Kier molecular flexibility index (Phi) is 5.75. The second-order valence-electron chi connectivity index (χ2n) is 7.27. The van der Waals surface area contributed by atoms with Crippen molar-refractivity contribution >= 4 is 44.4 Å². The number of fused-ring (bicyclic) bond motifs is 1. The second kappa shape index (κ2) is 8.81. The maximum Gasteiger partial charge on any atom is 0.236 e. The third-order valence-corrected chi connectivity index (χ3v) is 7.02. The zero-order valence-corrected chi connectivity index (χ0v) is 18.5. The van der Waals surface area contributed by atoms with Gasteiger partial charge in [0.05, 0.1) is 40.4 Å². The van der Waals surface area contributed by atoms with E-state index < -0.39 is 0 Å². The number of rotatable bonds is 7. The number of thiazole rings is 1. The van der Waals surface area contributed by atoms with Gasteiger partial charge in [0.15, 0.2) is 16.1 Å². The van der Waals surface area contributed by atoms with Gasteiger partial charge in [-0.15, -0.1) is 10.2 Å². The van der Waals surface area contributed by atoms with Gasteiger partial charge in [-0.3, -0.25) is 9.36 Å². The van der Waals surface area contributed by atoms with E-state index in [9.17, 15) is 4.79 Å². The van der Waals surface area contributed by atoms with Gasteiger partial charge in [0.25, 0.3) is 0 Å². The number of carbonyl (C=O) groups excluding carboxylic acids is 1. The number of furan rings is 1. The number of thioether (sulfide) groups is 1. The van der Waals surface area contributed by atoms with Crippen LogP contribution in [0.1, 0.15) is 18.6 Å². The van der Waals surface area contributed by atoms with Gasteiger partial charge in [-0.05, 0) is 38.0 Å². The molecule has 0 aliphatic carbocycles. The average Bonchev–Trinajstić information content (AvgIpc) is 3.54. The molecule has 0 saturated carbocycles. The Morgan fingerprint density at radius 2 is 2.23 bits per heavy atom. The fraction of sp³-hybridized carbons (Fsp3) is 0.333. The second-order valence-corrected chi connectivity index (χ2v) is 9.24. The molecule has 1 fully saturated rings. The molecular weight excluding hydrogens is 434 g/mol. The van der Waals surface area contributed by atoms with Gasteiger partial charge in [0, 0.05) is 6.61 Å². The maximum absolute atomic E-state index is 12.5. The van der Waals surface area contributed by atoms with E-state index in [0.717, 1.165) is 46.8 Å². The molecule has 0 radical (unpaired) electrons. The van der Waals surface area contributed by atoms with Crippen molar-refractivity contribution in [1.82, 2.24) is 19.7 Å². The zero-order chi connectivity index (χ0) is 21.2. The van der Waals surface area contributed by atoms with Crippen molar-refractivity contribution < 1.29 is 13.9 Å². The highest BCUT2D eigenvalue weighted by molar-refractivity contribution is 7.99. The Labute approximate surface area is 187 Å². The molecule has 1 unspecified atom stereocenters. The van der Waals surface area contributed by atoms with Crippen molar-refractivity contribution in [2.45, 2.75) is 37.6 Å². The molecule has 0 bridgehead atoms. The number of aromatic nitrogens is 4. The Balaban J connectivity index is 1.31. The lowest BCUT2D eigenvalue weighted by Gasteiger charge is -2.14. The van der Waals surface area contributed by atoms with Gasteiger partial charge < -0.3 is 14.5 Å². The molecule has 160 valence electrons. The quantitative estimate of drug-likeness (QED) is 0.414. The molecule has 8 nitrogen and oxygen atoms in total. The number of hydrogen-bond acceptors (Lipinski definition) is 8. The van der Waals surface area contributed by atoms with Crippen molar-refractivity contribution in [1.29, 1.82) is 0 Å². The summed E-state index contributed by atoms with van der Waals surface area (Å²) in [6.45, 7) is 3.33. The van der Waals surface area contributed by atoms with Crippen molar-refractivity contribution in [3.8, 4) is 11.4 Å². The summed E-state index contributed by atoms with van der Waals surface area (Å²) in [6.07, 6.45) is 3.83. The summed E-state index contributed by atoms with van der Waals surface area (Å²) in [5.74, 6) is 1.60. The van der Waals surface area contributed by atoms with Crippen LogP contribution >= 0.6 is 23.1 Å². The molecule has 1 atom stereocenters. The first kappa shape index (κ1) is 20.2. The highest BCUT2D eigenvalue weighted by Crippen LogP contribution is 2.29. The Morgan fingerprint density at radius 3 is 3.00 bits per heavy atom. The first-order valence-electron chi connectivity index (χ1n) is 10.0. The molecule has 1 aliphatic rings. The van der Waals surface area contributed by atoms with Crippen LogP contribution in [0.4, 0.5) is 5.13 Å². The van der Waals surface area contributed by atoms with Crippen molar-refractivity contribution in [3.63, 3.8) is 0 Å². The predicted molar refractivity (Wildman–Crippen MR) is 120 cm³/mol. The Morgan fingerprint density at radius 1 is 1.32 bits per heavy atom. The molecule has 1 saturated heterocycles. The fourth-order valence-electron chi connectivity index (χ4n) is 3.58. The number of para-hydroxylation sites is 1. The molecule has 4 heterocycles. The zero-order valence-electron chi connectivity index (χ0n) is 16.9. The SMILES string of the molecule is Cc1occc1-c1nnc(SCC(=O)Nc2nc3ccccc3s2)n1CC1CCCO1. The summed E-state index contributed by atoms with van der Waals surface area (Å²) < 4.78 is 14.4. The summed E-state index contributed by atoms with van der Waals surface area (Å²) in [5.41, 5.74) is 1.78. The van der Waals surface area contributed by atoms with Crippen molar-refractivity contribution in [2.24, 2.45) is 0 Å². The molecule has 10 heteroatoms. The molecule has 4 aromatic rings. The van der Waals surface area contributed by atoms with Crippen molar-refractivity contribution in [3.05, 3.63) is 42.4 Å². The Bertz CT molecular complexity index is 1180. The lowest BCUT2D eigenvalue weighted by atomic mass is 10.2. The summed E-state index contributed by atoms with van der Waals surface area (Å²) in [4.78, 5) is 17.0. The van der Waals surface area contributed by atoms with E-state index in [-0.39, 0.29) is 17.8 Å². The molecule has 1 N–H and O–H groups in total. The van der Waals surface area contributed by atoms with Crippen LogP contribution in [-0.4, -0.2) is 44.1 Å². The molecule has 3 aromatic heterocycles. The minimum absolute atomic E-state index is 0.123. The topological polar surface area (TPSA) is 95.1 Å². The van der Waals surface area contributed by atoms with Crippen LogP contribution in [0.2, 0.25) is 0 Å². The molecule has 5 rings (SSSR count). The fourth-order valence-corrected chi connectivity index (χ4v) is 5.21. The van der Waals surface area contributed by atoms with E-state index in [2.05, 4.69) is 20.5 Å². The first-order chi connectivity index (χ1) is 15.2. The predicted octanol–water partition coefficient (Wildman–Crippen LogP) is 4.37. The average molecular weight is 456 g/mol. The molecule has 1 aliphatic heterocycles. The van der Waals surface area contributed by atoms with E-state index >= 15 is 0 Å². The van der Waals surface area contributed by atoms with Gasteiger partial charge >= 0.3 is 0 Å². The summed E-state index contributed by atoms with van der Waals surface area (Å²) in [7, 11) is 0. The first-order valence-corrected chi connectivity index (χ1v) is 11.8. The van der Waals surface area contributed by atoms with Crippen LogP contribution in [0, 0.1) is 6.92 Å². The molecule has 0 spiro atoms. The van der Waals surface area contributed by atoms with Crippen LogP contribution in [0.25, 0.3) is 21.6 Å². The number of carbonyl (C=O) groups is 1. The van der Waals surface area contributed by atoms with Crippen LogP contribution in [-0.2, 0) is 16.1 Å². The summed E-state index contributed by atoms with van der Waals surface area (Å²) in [5, 5.41) is 12.9. The van der Waals surface area contributed by atoms with E-state index in [1.54, 1.807) is 6.26 Å². The highest BCUT2D eigenvalue weighted by Gasteiger charge is 2.23. The van der Waals surface area contributed by atoms with Gasteiger partial charge in [0.1, 0.15) is 5.76 Å². The largest absolute Gasteiger partial charge is 0.469 e.